The van der Waals surface area contributed by atoms with Crippen LogP contribution in [0.2, 0.25) is 0 Å². The van der Waals surface area contributed by atoms with Crippen molar-refractivity contribution >= 4 is 30.2 Å². The molecule has 2 amide bonds. The predicted octanol–water partition coefficient (Wildman–Crippen LogP) is 3.79. The lowest BCUT2D eigenvalue weighted by Gasteiger charge is -2.41. The summed E-state index contributed by atoms with van der Waals surface area (Å²) < 4.78 is 0. The van der Waals surface area contributed by atoms with Crippen LogP contribution in [0.15, 0.2) is 54.6 Å². The van der Waals surface area contributed by atoms with Crippen LogP contribution in [-0.2, 0) is 26.2 Å². The molecule has 37 heavy (non-hydrogen) atoms. The first-order chi connectivity index (χ1) is 17.1. The summed E-state index contributed by atoms with van der Waals surface area (Å²) >= 11 is 0. The Balaban J connectivity index is 0.00000380. The number of rotatable bonds is 8. The van der Waals surface area contributed by atoms with Crippen molar-refractivity contribution in [3.8, 4) is 0 Å². The second-order valence-electron chi connectivity index (χ2n) is 10.9. The molecular formula is C29H38ClN3O4. The summed E-state index contributed by atoms with van der Waals surface area (Å²) in [6, 6.07) is 17.3. The molecular weight excluding hydrogens is 490 g/mol. The van der Waals surface area contributed by atoms with Crippen LogP contribution in [0.5, 0.6) is 0 Å². The third-order valence-electron chi connectivity index (χ3n) is 7.82. The van der Waals surface area contributed by atoms with Gasteiger partial charge in [0.2, 0.25) is 11.8 Å². The lowest BCUT2D eigenvalue weighted by molar-refractivity contribution is -0.140. The van der Waals surface area contributed by atoms with Crippen molar-refractivity contribution in [3.05, 3.63) is 71.3 Å². The van der Waals surface area contributed by atoms with E-state index in [-0.39, 0.29) is 29.6 Å². The average molecular weight is 528 g/mol. The number of likely N-dealkylation sites (tertiary alicyclic amines) is 1. The zero-order valence-electron chi connectivity index (χ0n) is 21.6. The van der Waals surface area contributed by atoms with Gasteiger partial charge in [0.05, 0.1) is 11.5 Å². The van der Waals surface area contributed by atoms with Gasteiger partial charge in [0, 0.05) is 18.5 Å². The number of nitrogens with zero attached hydrogens (tertiary/aromatic N) is 1. The Morgan fingerprint density at radius 1 is 1.08 bits per heavy atom. The van der Waals surface area contributed by atoms with E-state index in [9.17, 15) is 19.5 Å². The van der Waals surface area contributed by atoms with E-state index in [1.807, 2.05) is 47.4 Å². The number of aryl methyl sites for hydroxylation is 1. The number of nitrogens with one attached hydrogen (secondary N) is 1. The van der Waals surface area contributed by atoms with Crippen molar-refractivity contribution in [1.29, 1.82) is 0 Å². The van der Waals surface area contributed by atoms with Crippen LogP contribution >= 0.6 is 12.4 Å². The fraction of sp³-hybridized carbons (Fsp3) is 0.483. The highest BCUT2D eigenvalue weighted by molar-refractivity contribution is 5.91. The maximum absolute atomic E-state index is 13.6. The van der Waals surface area contributed by atoms with E-state index >= 15 is 0 Å². The van der Waals surface area contributed by atoms with Crippen LogP contribution in [0, 0.1) is 0 Å². The Morgan fingerprint density at radius 2 is 1.70 bits per heavy atom. The van der Waals surface area contributed by atoms with E-state index in [2.05, 4.69) is 17.4 Å². The highest BCUT2D eigenvalue weighted by Crippen LogP contribution is 2.51. The van der Waals surface area contributed by atoms with Gasteiger partial charge in [-0.25, -0.2) is 0 Å². The molecule has 0 radical (unpaired) electrons. The van der Waals surface area contributed by atoms with Crippen molar-refractivity contribution < 1.29 is 19.5 Å². The van der Waals surface area contributed by atoms with Gasteiger partial charge in [-0.1, -0.05) is 54.6 Å². The summed E-state index contributed by atoms with van der Waals surface area (Å²) in [5.74, 6) is -1.72. The average Bonchev–Trinajstić information content (AvgIpc) is 3.18. The van der Waals surface area contributed by atoms with Gasteiger partial charge in [0.25, 0.3) is 0 Å². The van der Waals surface area contributed by atoms with E-state index in [1.165, 1.54) is 5.56 Å². The van der Waals surface area contributed by atoms with Crippen LogP contribution < -0.4 is 11.1 Å². The summed E-state index contributed by atoms with van der Waals surface area (Å²) in [5, 5.41) is 12.7. The maximum atomic E-state index is 13.6. The molecule has 1 aliphatic carbocycles. The molecule has 1 heterocycles. The number of hydrogen-bond donors (Lipinski definition) is 3. The molecule has 0 aromatic heterocycles. The van der Waals surface area contributed by atoms with Crippen molar-refractivity contribution in [2.24, 2.45) is 5.73 Å². The lowest BCUT2D eigenvalue weighted by atomic mass is 9.73. The highest BCUT2D eigenvalue weighted by Gasteiger charge is 2.48. The quantitative estimate of drug-likeness (QED) is 0.483. The summed E-state index contributed by atoms with van der Waals surface area (Å²) in [4.78, 5) is 40.0. The molecule has 2 unspecified atom stereocenters. The number of amides is 2. The van der Waals surface area contributed by atoms with E-state index in [0.717, 1.165) is 24.0 Å². The van der Waals surface area contributed by atoms with Gasteiger partial charge in [0.15, 0.2) is 0 Å². The molecule has 2 aromatic rings. The molecule has 1 fully saturated rings. The maximum Gasteiger partial charge on any atom is 0.311 e. The number of carboxylic acids is 1. The van der Waals surface area contributed by atoms with Crippen molar-refractivity contribution in [2.45, 2.75) is 75.3 Å². The third-order valence-corrected chi connectivity index (χ3v) is 7.82. The largest absolute Gasteiger partial charge is 0.481 e. The molecule has 2 aliphatic rings. The number of hydrogen-bond acceptors (Lipinski definition) is 4. The van der Waals surface area contributed by atoms with Gasteiger partial charge in [-0.15, -0.1) is 12.4 Å². The number of nitrogens with two attached hydrogens (primary N) is 1. The van der Waals surface area contributed by atoms with Gasteiger partial charge in [0.1, 0.15) is 6.04 Å². The summed E-state index contributed by atoms with van der Waals surface area (Å²) in [6.07, 6.45) is 4.11. The number of fused-ring (bicyclic) bond motifs is 2. The Bertz CT molecular complexity index is 1110. The minimum Gasteiger partial charge on any atom is -0.481 e. The van der Waals surface area contributed by atoms with Gasteiger partial charge in [-0.05, 0) is 69.1 Å². The van der Waals surface area contributed by atoms with Crippen LogP contribution in [0.3, 0.4) is 0 Å². The topological polar surface area (TPSA) is 113 Å². The van der Waals surface area contributed by atoms with Crippen LogP contribution in [0.4, 0.5) is 0 Å². The number of carbonyl (C=O) groups is 3. The smallest absolute Gasteiger partial charge is 0.311 e. The Labute approximate surface area is 225 Å². The number of aliphatic carboxylic acids is 1. The van der Waals surface area contributed by atoms with Crippen LogP contribution in [0.1, 0.15) is 68.6 Å². The number of halogens is 1. The third kappa shape index (κ3) is 6.33. The minimum absolute atomic E-state index is 0. The minimum atomic E-state index is -1.08. The lowest BCUT2D eigenvalue weighted by Crippen LogP contribution is -2.57. The monoisotopic (exact) mass is 527 g/mol. The first kappa shape index (κ1) is 28.7. The molecule has 200 valence electrons. The molecule has 7 nitrogen and oxygen atoms in total. The Hall–Kier alpha value is -2.90. The Morgan fingerprint density at radius 3 is 2.32 bits per heavy atom. The number of carboxylic acid groups (broad SMARTS) is 1. The number of benzene rings is 2. The van der Waals surface area contributed by atoms with Crippen LogP contribution in [0.25, 0.3) is 0 Å². The van der Waals surface area contributed by atoms with E-state index in [1.54, 1.807) is 13.8 Å². The van der Waals surface area contributed by atoms with Crippen molar-refractivity contribution in [2.75, 3.05) is 13.1 Å². The summed E-state index contributed by atoms with van der Waals surface area (Å²) in [5.41, 5.74) is 7.91. The predicted molar refractivity (Wildman–Crippen MR) is 146 cm³/mol. The van der Waals surface area contributed by atoms with Gasteiger partial charge < -0.3 is 21.1 Å². The highest BCUT2D eigenvalue weighted by atomic mass is 35.5. The molecule has 2 aromatic carbocycles. The standard InChI is InChI=1S/C29H37N3O4.ClH/c1-28(2,30)27(36)31-24(14-8-11-20-9-4-3-5-10-20)25(33)32-17-15-29(16-18-32)19-22(26(34)35)21-12-6-7-13-23(21)29;/h3-7,9-10,12-13,22,24H,8,11,14-19,30H2,1-2H3,(H,31,36)(H,34,35);1H. The van der Waals surface area contributed by atoms with Gasteiger partial charge in [-0.2, -0.15) is 0 Å². The van der Waals surface area contributed by atoms with Crippen molar-refractivity contribution in [3.63, 3.8) is 0 Å². The molecule has 0 bridgehead atoms. The fourth-order valence-corrected chi connectivity index (χ4v) is 5.72. The molecule has 4 N–H and O–H groups in total. The molecule has 1 spiro atoms. The summed E-state index contributed by atoms with van der Waals surface area (Å²) in [6.45, 7) is 4.34. The van der Waals surface area contributed by atoms with Gasteiger partial charge in [-0.3, -0.25) is 14.4 Å². The van der Waals surface area contributed by atoms with Gasteiger partial charge >= 0.3 is 5.97 Å². The zero-order chi connectivity index (χ0) is 25.9. The first-order valence-electron chi connectivity index (χ1n) is 12.9. The van der Waals surface area contributed by atoms with E-state index < -0.39 is 23.5 Å². The van der Waals surface area contributed by atoms with E-state index in [4.69, 9.17) is 5.73 Å². The normalized spacial score (nSPS) is 19.0. The van der Waals surface area contributed by atoms with Crippen molar-refractivity contribution in [1.82, 2.24) is 10.2 Å². The number of carbonyl (C=O) groups excluding carboxylic acids is 2. The molecule has 4 rings (SSSR count). The molecule has 8 heteroatoms. The molecule has 1 aliphatic heterocycles. The second-order valence-corrected chi connectivity index (χ2v) is 10.9. The SMILES string of the molecule is CC(C)(N)C(=O)NC(CCCc1ccccc1)C(=O)N1CCC2(CC1)CC(C(=O)O)c1ccccc12.Cl. The summed E-state index contributed by atoms with van der Waals surface area (Å²) in [7, 11) is 0. The number of piperidine rings is 1. The second kappa shape index (κ2) is 11.7. The molecule has 1 saturated heterocycles. The Kier molecular flexibility index (Phi) is 9.03. The van der Waals surface area contributed by atoms with E-state index in [0.29, 0.717) is 38.8 Å². The molecule has 0 saturated carbocycles. The van der Waals surface area contributed by atoms with Crippen LogP contribution in [-0.4, -0.2) is 52.5 Å². The first-order valence-corrected chi connectivity index (χ1v) is 12.9. The zero-order valence-corrected chi connectivity index (χ0v) is 22.4. The fourth-order valence-electron chi connectivity index (χ4n) is 5.72. The molecule has 2 atom stereocenters.